The van der Waals surface area contributed by atoms with Crippen LogP contribution in [0.1, 0.15) is 37.6 Å². The molecule has 140 valence electrons. The van der Waals surface area contributed by atoms with E-state index in [1.165, 1.54) is 0 Å². The molecule has 0 saturated heterocycles. The zero-order valence-electron chi connectivity index (χ0n) is 15.5. The van der Waals surface area contributed by atoms with Crippen molar-refractivity contribution in [3.8, 4) is 11.5 Å². The number of anilines is 1. The quantitative estimate of drug-likeness (QED) is 0.732. The van der Waals surface area contributed by atoms with Crippen molar-refractivity contribution in [1.29, 1.82) is 0 Å². The number of nitrogens with one attached hydrogen (secondary N) is 2. The highest BCUT2D eigenvalue weighted by atomic mass is 16.5. The third kappa shape index (κ3) is 3.89. The Kier molecular flexibility index (Phi) is 4.71. The molecule has 6 heteroatoms. The van der Waals surface area contributed by atoms with Crippen molar-refractivity contribution in [2.75, 3.05) is 18.5 Å². The van der Waals surface area contributed by atoms with Gasteiger partial charge in [-0.3, -0.25) is 4.79 Å². The number of fused-ring (bicyclic) bond motifs is 2. The van der Waals surface area contributed by atoms with Gasteiger partial charge in [-0.2, -0.15) is 0 Å². The molecule has 3 aromatic rings. The molecule has 2 aromatic carbocycles. The van der Waals surface area contributed by atoms with Crippen LogP contribution in [-0.4, -0.2) is 29.1 Å². The predicted molar refractivity (Wildman–Crippen MR) is 105 cm³/mol. The number of benzene rings is 2. The van der Waals surface area contributed by atoms with Crippen LogP contribution in [0.2, 0.25) is 0 Å². The van der Waals surface area contributed by atoms with E-state index in [4.69, 9.17) is 9.47 Å². The fraction of sp³-hybridized carbons (Fsp3) is 0.333. The van der Waals surface area contributed by atoms with E-state index in [9.17, 15) is 4.79 Å². The van der Waals surface area contributed by atoms with Crippen molar-refractivity contribution in [2.24, 2.45) is 0 Å². The Labute approximate surface area is 157 Å². The first-order valence-electron chi connectivity index (χ1n) is 9.26. The smallest absolute Gasteiger partial charge is 0.228 e. The van der Waals surface area contributed by atoms with Gasteiger partial charge in [-0.05, 0) is 35.9 Å². The molecule has 0 spiro atoms. The van der Waals surface area contributed by atoms with E-state index in [1.54, 1.807) is 0 Å². The molecule has 1 aromatic heterocycles. The van der Waals surface area contributed by atoms with Crippen LogP contribution < -0.4 is 14.8 Å². The minimum Gasteiger partial charge on any atom is -0.490 e. The molecule has 0 unspecified atom stereocenters. The molecule has 0 bridgehead atoms. The molecule has 2 N–H and O–H groups in total. The lowest BCUT2D eigenvalue weighted by Crippen LogP contribution is -2.14. The fourth-order valence-corrected chi connectivity index (χ4v) is 3.09. The Hall–Kier alpha value is -3.02. The standard InChI is InChI=1S/C21H23N3O3/c1-13(2)21-23-16-6-5-15(12-17(16)24-21)22-20(25)11-14-4-7-18-19(10-14)27-9-3-8-26-18/h4-7,10,12-13H,3,8-9,11H2,1-2H3,(H,22,25)(H,23,24). The molecule has 0 fully saturated rings. The first-order valence-corrected chi connectivity index (χ1v) is 9.26. The zero-order valence-corrected chi connectivity index (χ0v) is 15.5. The molecule has 1 aliphatic heterocycles. The maximum absolute atomic E-state index is 12.5. The van der Waals surface area contributed by atoms with Gasteiger partial charge in [0, 0.05) is 18.0 Å². The first kappa shape index (κ1) is 17.4. The second-order valence-electron chi connectivity index (χ2n) is 7.07. The van der Waals surface area contributed by atoms with Crippen LogP contribution in [0.25, 0.3) is 11.0 Å². The van der Waals surface area contributed by atoms with Gasteiger partial charge >= 0.3 is 0 Å². The van der Waals surface area contributed by atoms with Crippen molar-refractivity contribution in [1.82, 2.24) is 9.97 Å². The van der Waals surface area contributed by atoms with Gasteiger partial charge in [0.25, 0.3) is 0 Å². The number of hydrogen-bond donors (Lipinski definition) is 2. The van der Waals surface area contributed by atoms with Crippen LogP contribution in [0, 0.1) is 0 Å². The summed E-state index contributed by atoms with van der Waals surface area (Å²) in [4.78, 5) is 20.3. The molecule has 1 amide bonds. The van der Waals surface area contributed by atoms with Gasteiger partial charge in [-0.25, -0.2) is 4.98 Å². The number of carbonyl (C=O) groups excluding carboxylic acids is 1. The summed E-state index contributed by atoms with van der Waals surface area (Å²) in [5.41, 5.74) is 3.47. The molecule has 1 aliphatic rings. The number of amides is 1. The summed E-state index contributed by atoms with van der Waals surface area (Å²) in [5.74, 6) is 2.64. The van der Waals surface area contributed by atoms with Crippen LogP contribution in [0.5, 0.6) is 11.5 Å². The number of H-pyrrole nitrogens is 1. The number of aromatic amines is 1. The second-order valence-corrected chi connectivity index (χ2v) is 7.07. The van der Waals surface area contributed by atoms with Crippen LogP contribution in [0.3, 0.4) is 0 Å². The Morgan fingerprint density at radius 3 is 2.78 bits per heavy atom. The Morgan fingerprint density at radius 1 is 1.15 bits per heavy atom. The summed E-state index contributed by atoms with van der Waals surface area (Å²) in [6.45, 7) is 5.47. The van der Waals surface area contributed by atoms with Crippen molar-refractivity contribution in [3.63, 3.8) is 0 Å². The highest BCUT2D eigenvalue weighted by Crippen LogP contribution is 2.30. The maximum Gasteiger partial charge on any atom is 0.228 e. The molecule has 0 aliphatic carbocycles. The van der Waals surface area contributed by atoms with E-state index in [1.807, 2.05) is 36.4 Å². The summed E-state index contributed by atoms with van der Waals surface area (Å²) in [5, 5.41) is 2.95. The number of nitrogens with zero attached hydrogens (tertiary/aromatic N) is 1. The number of carbonyl (C=O) groups is 1. The lowest BCUT2D eigenvalue weighted by molar-refractivity contribution is -0.115. The maximum atomic E-state index is 12.5. The normalized spacial score (nSPS) is 13.6. The minimum absolute atomic E-state index is 0.0764. The van der Waals surface area contributed by atoms with Crippen molar-refractivity contribution in [2.45, 2.75) is 32.6 Å². The third-order valence-electron chi connectivity index (χ3n) is 4.51. The van der Waals surface area contributed by atoms with E-state index in [-0.39, 0.29) is 12.3 Å². The lowest BCUT2D eigenvalue weighted by Gasteiger charge is -2.10. The Bertz CT molecular complexity index is 978. The summed E-state index contributed by atoms with van der Waals surface area (Å²) >= 11 is 0. The van der Waals surface area contributed by atoms with Crippen LogP contribution >= 0.6 is 0 Å². The fourth-order valence-electron chi connectivity index (χ4n) is 3.09. The molecule has 6 nitrogen and oxygen atoms in total. The monoisotopic (exact) mass is 365 g/mol. The summed E-state index contributed by atoms with van der Waals surface area (Å²) < 4.78 is 11.3. The molecular weight excluding hydrogens is 342 g/mol. The Balaban J connectivity index is 1.46. The van der Waals surface area contributed by atoms with Gasteiger partial charge < -0.3 is 19.8 Å². The average Bonchev–Trinajstić information content (AvgIpc) is 2.92. The number of aromatic nitrogens is 2. The van der Waals surface area contributed by atoms with E-state index in [0.717, 1.165) is 40.3 Å². The number of hydrogen-bond acceptors (Lipinski definition) is 4. The van der Waals surface area contributed by atoms with Crippen molar-refractivity contribution >= 4 is 22.6 Å². The largest absolute Gasteiger partial charge is 0.490 e. The summed E-state index contributed by atoms with van der Waals surface area (Å²) in [6.07, 6.45) is 1.13. The topological polar surface area (TPSA) is 76.2 Å². The summed E-state index contributed by atoms with van der Waals surface area (Å²) in [6, 6.07) is 11.4. The van der Waals surface area contributed by atoms with Crippen LogP contribution in [-0.2, 0) is 11.2 Å². The van der Waals surface area contributed by atoms with Gasteiger partial charge in [0.1, 0.15) is 5.82 Å². The third-order valence-corrected chi connectivity index (χ3v) is 4.51. The van der Waals surface area contributed by atoms with Gasteiger partial charge in [0.15, 0.2) is 11.5 Å². The molecule has 0 saturated carbocycles. The second kappa shape index (κ2) is 7.31. The molecule has 0 atom stereocenters. The predicted octanol–water partition coefficient (Wildman–Crippen LogP) is 4.03. The zero-order chi connectivity index (χ0) is 18.8. The number of rotatable bonds is 4. The van der Waals surface area contributed by atoms with Crippen LogP contribution in [0.15, 0.2) is 36.4 Å². The molecular formula is C21H23N3O3. The van der Waals surface area contributed by atoms with Crippen LogP contribution in [0.4, 0.5) is 5.69 Å². The van der Waals surface area contributed by atoms with Crippen molar-refractivity contribution in [3.05, 3.63) is 47.8 Å². The number of ether oxygens (including phenoxy) is 2. The Morgan fingerprint density at radius 2 is 1.96 bits per heavy atom. The van der Waals surface area contributed by atoms with Gasteiger partial charge in [0.05, 0.1) is 30.7 Å². The summed E-state index contributed by atoms with van der Waals surface area (Å²) in [7, 11) is 0. The van der Waals surface area contributed by atoms with Gasteiger partial charge in [-0.15, -0.1) is 0 Å². The minimum atomic E-state index is -0.0764. The highest BCUT2D eigenvalue weighted by Gasteiger charge is 2.13. The highest BCUT2D eigenvalue weighted by molar-refractivity contribution is 5.94. The van der Waals surface area contributed by atoms with E-state index in [0.29, 0.717) is 24.9 Å². The molecule has 27 heavy (non-hydrogen) atoms. The van der Waals surface area contributed by atoms with Crippen molar-refractivity contribution < 1.29 is 14.3 Å². The van der Waals surface area contributed by atoms with E-state index < -0.39 is 0 Å². The molecule has 2 heterocycles. The van der Waals surface area contributed by atoms with Gasteiger partial charge in [0.2, 0.25) is 5.91 Å². The lowest BCUT2D eigenvalue weighted by atomic mass is 10.1. The first-order chi connectivity index (χ1) is 13.1. The van der Waals surface area contributed by atoms with Gasteiger partial charge in [-0.1, -0.05) is 19.9 Å². The average molecular weight is 365 g/mol. The van der Waals surface area contributed by atoms with E-state index >= 15 is 0 Å². The number of imidazole rings is 1. The molecule has 0 radical (unpaired) electrons. The molecule has 4 rings (SSSR count). The SMILES string of the molecule is CC(C)c1nc2ccc(NC(=O)Cc3ccc4c(c3)OCCCO4)cc2[nH]1. The van der Waals surface area contributed by atoms with E-state index in [2.05, 4.69) is 29.1 Å².